The van der Waals surface area contributed by atoms with Crippen LogP contribution >= 0.6 is 0 Å². The Morgan fingerprint density at radius 2 is 1.76 bits per heavy atom. The molecular formula is C29H56O3Si2. The van der Waals surface area contributed by atoms with E-state index >= 15 is 0 Å². The fourth-order valence-corrected chi connectivity index (χ4v) is 8.63. The Morgan fingerprint density at radius 1 is 1.12 bits per heavy atom. The van der Waals surface area contributed by atoms with Gasteiger partial charge in [0.25, 0.3) is 0 Å². The zero-order valence-corrected chi connectivity index (χ0v) is 26.3. The van der Waals surface area contributed by atoms with E-state index in [4.69, 9.17) is 8.85 Å². The predicted molar refractivity (Wildman–Crippen MR) is 152 cm³/mol. The van der Waals surface area contributed by atoms with Crippen LogP contribution in [0.3, 0.4) is 0 Å². The Hall–Kier alpha value is -0.366. The first kappa shape index (κ1) is 29.9. The number of aliphatic hydroxyl groups is 1. The summed E-state index contributed by atoms with van der Waals surface area (Å²) in [6.45, 7) is 25.1. The Bertz CT molecular complexity index is 681. The van der Waals surface area contributed by atoms with Crippen molar-refractivity contribution in [2.24, 2.45) is 29.1 Å². The van der Waals surface area contributed by atoms with Gasteiger partial charge in [-0.2, -0.15) is 0 Å². The predicted octanol–water partition coefficient (Wildman–Crippen LogP) is 7.62. The van der Waals surface area contributed by atoms with Gasteiger partial charge in [-0.15, -0.1) is 0 Å². The van der Waals surface area contributed by atoms with Crippen molar-refractivity contribution in [3.05, 3.63) is 24.0 Å². The van der Waals surface area contributed by atoms with Crippen molar-refractivity contribution < 1.29 is 14.0 Å². The van der Waals surface area contributed by atoms with Crippen molar-refractivity contribution in [1.82, 2.24) is 0 Å². The molecule has 6 atom stereocenters. The van der Waals surface area contributed by atoms with Crippen molar-refractivity contribution in [2.45, 2.75) is 130 Å². The first-order valence-corrected chi connectivity index (χ1v) is 19.8. The molecule has 2 fully saturated rings. The van der Waals surface area contributed by atoms with Crippen LogP contribution in [0.15, 0.2) is 24.0 Å². The van der Waals surface area contributed by atoms with E-state index in [1.54, 1.807) is 0 Å². The number of unbranched alkanes of at least 4 members (excludes halogenated alkanes) is 3. The minimum atomic E-state index is -1.34. The molecule has 0 amide bonds. The monoisotopic (exact) mass is 508 g/mol. The minimum Gasteiger partial charge on any atom is -0.550 e. The van der Waals surface area contributed by atoms with Crippen molar-refractivity contribution in [2.75, 3.05) is 0 Å². The second kappa shape index (κ2) is 12.7. The molecule has 0 bridgehead atoms. The van der Waals surface area contributed by atoms with E-state index in [-0.39, 0.29) is 11.3 Å². The zero-order chi connectivity index (χ0) is 25.7. The Balaban J connectivity index is 2.56. The second-order valence-electron chi connectivity index (χ2n) is 12.8. The third-order valence-corrected chi connectivity index (χ3v) is 9.82. The molecule has 5 heteroatoms. The lowest BCUT2D eigenvalue weighted by atomic mass is 9.75. The number of hydrogen-bond donors (Lipinski definition) is 1. The Labute approximate surface area is 215 Å². The summed E-state index contributed by atoms with van der Waals surface area (Å²) in [6.07, 6.45) is 12.5. The lowest BCUT2D eigenvalue weighted by Gasteiger charge is -2.37. The molecular weight excluding hydrogens is 452 g/mol. The standard InChI is InChI=1S/C29H56O3Si2/c1-11-13-15-17-23(28(4,5)6)19-25(31-33(7)8)26-22(16-14-12-2)20-29(32-34(9)10)24(26)18-21(3)27(29)30/h19,22-24,26-27,30,33-34H,3,11-18,20H2,1-2,4-10H3/b25-19+/t22-,23+,24+,26+,27?,29+/m1/s1. The fourth-order valence-electron chi connectivity index (χ4n) is 6.57. The third-order valence-electron chi connectivity index (χ3n) is 8.16. The van der Waals surface area contributed by atoms with Gasteiger partial charge >= 0.3 is 0 Å². The van der Waals surface area contributed by atoms with Gasteiger partial charge in [0.2, 0.25) is 9.04 Å². The smallest absolute Gasteiger partial charge is 0.229 e. The maximum Gasteiger partial charge on any atom is 0.229 e. The molecule has 0 saturated heterocycles. The molecule has 198 valence electrons. The molecule has 34 heavy (non-hydrogen) atoms. The summed E-state index contributed by atoms with van der Waals surface area (Å²) in [4.78, 5) is 0. The van der Waals surface area contributed by atoms with Crippen LogP contribution in [0.2, 0.25) is 26.2 Å². The van der Waals surface area contributed by atoms with Crippen molar-refractivity contribution in [3.8, 4) is 0 Å². The molecule has 0 aromatic carbocycles. The van der Waals surface area contributed by atoms with E-state index in [0.717, 1.165) is 18.4 Å². The quantitative estimate of drug-likeness (QED) is 0.120. The summed E-state index contributed by atoms with van der Waals surface area (Å²) in [5, 5.41) is 11.4. The second-order valence-corrected chi connectivity index (χ2v) is 17.5. The van der Waals surface area contributed by atoms with E-state index in [0.29, 0.717) is 17.8 Å². The highest BCUT2D eigenvalue weighted by Crippen LogP contribution is 2.60. The Kier molecular flexibility index (Phi) is 11.2. The van der Waals surface area contributed by atoms with Gasteiger partial charge in [-0.05, 0) is 80.8 Å². The first-order chi connectivity index (χ1) is 15.9. The van der Waals surface area contributed by atoms with Crippen molar-refractivity contribution in [1.29, 1.82) is 0 Å². The highest BCUT2D eigenvalue weighted by Gasteiger charge is 2.63. The van der Waals surface area contributed by atoms with Crippen LogP contribution in [0.5, 0.6) is 0 Å². The molecule has 0 aromatic heterocycles. The lowest BCUT2D eigenvalue weighted by molar-refractivity contribution is -0.0443. The summed E-state index contributed by atoms with van der Waals surface area (Å²) < 4.78 is 13.7. The van der Waals surface area contributed by atoms with Gasteiger partial charge in [0.1, 0.15) is 6.10 Å². The number of fused-ring (bicyclic) bond motifs is 1. The number of aliphatic hydroxyl groups excluding tert-OH is 1. The van der Waals surface area contributed by atoms with Crippen molar-refractivity contribution in [3.63, 3.8) is 0 Å². The summed E-state index contributed by atoms with van der Waals surface area (Å²) in [5.41, 5.74) is 0.714. The largest absolute Gasteiger partial charge is 0.550 e. The van der Waals surface area contributed by atoms with E-state index < -0.39 is 29.8 Å². The van der Waals surface area contributed by atoms with Gasteiger partial charge in [0.15, 0.2) is 9.04 Å². The molecule has 0 radical (unpaired) electrons. The fraction of sp³-hybridized carbons (Fsp3) is 0.862. The van der Waals surface area contributed by atoms with Gasteiger partial charge in [0.05, 0.1) is 11.4 Å². The molecule has 1 N–H and O–H groups in total. The molecule has 0 heterocycles. The number of rotatable bonds is 13. The Morgan fingerprint density at radius 3 is 2.29 bits per heavy atom. The molecule has 1 unspecified atom stereocenters. The van der Waals surface area contributed by atoms with Gasteiger partial charge in [0, 0.05) is 11.8 Å². The van der Waals surface area contributed by atoms with Gasteiger partial charge < -0.3 is 14.0 Å². The SMILES string of the molecule is C=C1C[C@H]2[C@@H](/C(=C\[C@H](CCCCC)C(C)(C)C)O[SiH](C)C)[C@H](CCCC)C[C@@]2(O[SiH](C)C)C1O. The molecule has 0 spiro atoms. The van der Waals surface area contributed by atoms with Gasteiger partial charge in [-0.25, -0.2) is 0 Å². The lowest BCUT2D eigenvalue weighted by Crippen LogP contribution is -2.46. The van der Waals surface area contributed by atoms with Crippen LogP contribution < -0.4 is 0 Å². The third kappa shape index (κ3) is 7.11. The van der Waals surface area contributed by atoms with Gasteiger partial charge in [-0.3, -0.25) is 0 Å². The molecule has 2 rings (SSSR count). The molecule has 0 aromatic rings. The molecule has 2 aliphatic carbocycles. The highest BCUT2D eigenvalue weighted by atomic mass is 28.3. The van der Waals surface area contributed by atoms with E-state index in [9.17, 15) is 5.11 Å². The summed E-state index contributed by atoms with van der Waals surface area (Å²) >= 11 is 0. The molecule has 2 aliphatic rings. The summed E-state index contributed by atoms with van der Waals surface area (Å²) in [6, 6.07) is 0. The van der Waals surface area contributed by atoms with Crippen LogP contribution in [0, 0.1) is 29.1 Å². The average Bonchev–Trinajstić information content (AvgIpc) is 3.13. The number of allylic oxidation sites excluding steroid dienone is 2. The van der Waals surface area contributed by atoms with Gasteiger partial charge in [-0.1, -0.05) is 73.3 Å². The maximum absolute atomic E-state index is 11.4. The van der Waals surface area contributed by atoms with E-state index in [2.05, 4.69) is 73.5 Å². The topological polar surface area (TPSA) is 38.7 Å². The maximum atomic E-state index is 11.4. The average molecular weight is 509 g/mol. The first-order valence-electron chi connectivity index (χ1n) is 14.3. The summed E-state index contributed by atoms with van der Waals surface area (Å²) in [5.74, 6) is 2.86. The van der Waals surface area contributed by atoms with Crippen LogP contribution in [0.25, 0.3) is 0 Å². The zero-order valence-electron chi connectivity index (χ0n) is 24.0. The number of hydrogen-bond acceptors (Lipinski definition) is 3. The van der Waals surface area contributed by atoms with Crippen LogP contribution in [0.4, 0.5) is 0 Å². The van der Waals surface area contributed by atoms with Crippen LogP contribution in [-0.4, -0.2) is 34.9 Å². The van der Waals surface area contributed by atoms with E-state index in [1.165, 1.54) is 50.7 Å². The summed E-state index contributed by atoms with van der Waals surface area (Å²) in [7, 11) is -2.63. The van der Waals surface area contributed by atoms with Crippen LogP contribution in [-0.2, 0) is 8.85 Å². The highest BCUT2D eigenvalue weighted by molar-refractivity contribution is 6.49. The molecule has 3 nitrogen and oxygen atoms in total. The van der Waals surface area contributed by atoms with Crippen LogP contribution in [0.1, 0.15) is 92.4 Å². The van der Waals surface area contributed by atoms with E-state index in [1.807, 2.05) is 0 Å². The molecule has 0 aliphatic heterocycles. The van der Waals surface area contributed by atoms with Crippen molar-refractivity contribution >= 4 is 18.1 Å². The normalized spacial score (nSPS) is 30.9. The minimum absolute atomic E-state index is 0.204. The molecule has 2 saturated carbocycles.